The topological polar surface area (TPSA) is 36.1 Å². The highest BCUT2D eigenvalue weighted by Gasteiger charge is 2.29. The summed E-state index contributed by atoms with van der Waals surface area (Å²) in [4.78, 5) is 18.1. The van der Waals surface area contributed by atoms with E-state index in [0.29, 0.717) is 6.42 Å². The second-order valence-corrected chi connectivity index (χ2v) is 6.94. The molecule has 4 rings (SSSR count). The van der Waals surface area contributed by atoms with E-state index in [1.165, 1.54) is 16.5 Å². The highest BCUT2D eigenvalue weighted by Crippen LogP contribution is 2.33. The fourth-order valence-electron chi connectivity index (χ4n) is 3.60. The number of H-pyrrole nitrogens is 1. The van der Waals surface area contributed by atoms with Gasteiger partial charge in [-0.3, -0.25) is 4.79 Å². The number of para-hydroxylation sites is 1. The molecular weight excluding hydrogens is 304 g/mol. The van der Waals surface area contributed by atoms with Crippen molar-refractivity contribution >= 4 is 28.1 Å². The Kier molecular flexibility index (Phi) is 3.92. The van der Waals surface area contributed by atoms with Gasteiger partial charge in [-0.2, -0.15) is 11.3 Å². The van der Waals surface area contributed by atoms with Crippen LogP contribution < -0.4 is 0 Å². The predicted molar refractivity (Wildman–Crippen MR) is 94.6 cm³/mol. The van der Waals surface area contributed by atoms with E-state index < -0.39 is 0 Å². The molecule has 0 radical (unpaired) electrons. The lowest BCUT2D eigenvalue weighted by atomic mass is 10.1. The van der Waals surface area contributed by atoms with Crippen molar-refractivity contribution in [1.29, 1.82) is 0 Å². The van der Waals surface area contributed by atoms with Crippen molar-refractivity contribution in [1.82, 2.24) is 9.88 Å². The third kappa shape index (κ3) is 2.79. The molecule has 4 heteroatoms. The van der Waals surface area contributed by atoms with Crippen molar-refractivity contribution in [2.24, 2.45) is 0 Å². The zero-order valence-electron chi connectivity index (χ0n) is 13.0. The number of carbonyl (C=O) groups is 1. The number of amides is 1. The second-order valence-electron chi connectivity index (χ2n) is 6.16. The monoisotopic (exact) mass is 324 g/mol. The number of carbonyl (C=O) groups excluding carboxylic acids is 1. The molecule has 1 saturated heterocycles. The van der Waals surface area contributed by atoms with Gasteiger partial charge in [-0.1, -0.05) is 18.2 Å². The Hall–Kier alpha value is -2.07. The molecule has 23 heavy (non-hydrogen) atoms. The fourth-order valence-corrected chi connectivity index (χ4v) is 4.31. The lowest BCUT2D eigenvalue weighted by Crippen LogP contribution is -2.30. The van der Waals surface area contributed by atoms with Gasteiger partial charge in [0.05, 0.1) is 6.04 Å². The van der Waals surface area contributed by atoms with Crippen LogP contribution in [0.1, 0.15) is 36.4 Å². The number of rotatable bonds is 4. The average molecular weight is 324 g/mol. The normalized spacial score (nSPS) is 17.9. The molecule has 1 aliphatic heterocycles. The van der Waals surface area contributed by atoms with E-state index in [2.05, 4.69) is 44.9 Å². The van der Waals surface area contributed by atoms with Gasteiger partial charge in [0.1, 0.15) is 0 Å². The SMILES string of the molecule is O=C(CCc1c[nH]c2ccccc12)N1CCC[C@@H]1c1ccsc1. The fraction of sp³-hybridized carbons (Fsp3) is 0.316. The van der Waals surface area contributed by atoms with Gasteiger partial charge in [0, 0.05) is 30.1 Å². The molecule has 3 aromatic rings. The zero-order valence-corrected chi connectivity index (χ0v) is 13.8. The Morgan fingerprint density at radius 2 is 2.22 bits per heavy atom. The molecule has 0 aliphatic carbocycles. The van der Waals surface area contributed by atoms with Crippen molar-refractivity contribution in [3.05, 3.63) is 58.4 Å². The number of aromatic amines is 1. The number of hydrogen-bond acceptors (Lipinski definition) is 2. The van der Waals surface area contributed by atoms with Crippen molar-refractivity contribution in [3.63, 3.8) is 0 Å². The van der Waals surface area contributed by atoms with E-state index in [-0.39, 0.29) is 11.9 Å². The summed E-state index contributed by atoms with van der Waals surface area (Å²) in [5, 5.41) is 5.51. The number of nitrogens with one attached hydrogen (secondary N) is 1. The molecule has 2 aromatic heterocycles. The molecule has 3 heterocycles. The van der Waals surface area contributed by atoms with Crippen LogP contribution in [-0.4, -0.2) is 22.3 Å². The van der Waals surface area contributed by atoms with Crippen LogP contribution in [0.15, 0.2) is 47.3 Å². The van der Waals surface area contributed by atoms with Crippen LogP contribution >= 0.6 is 11.3 Å². The van der Waals surface area contributed by atoms with Crippen LogP contribution in [0, 0.1) is 0 Å². The maximum absolute atomic E-state index is 12.7. The summed E-state index contributed by atoms with van der Waals surface area (Å²) in [6.07, 6.45) is 5.63. The summed E-state index contributed by atoms with van der Waals surface area (Å²) >= 11 is 1.71. The summed E-state index contributed by atoms with van der Waals surface area (Å²) in [5.74, 6) is 0.281. The molecule has 3 nitrogen and oxygen atoms in total. The lowest BCUT2D eigenvalue weighted by Gasteiger charge is -2.24. The molecule has 0 spiro atoms. The molecule has 0 bridgehead atoms. The van der Waals surface area contributed by atoms with Gasteiger partial charge >= 0.3 is 0 Å². The first-order chi connectivity index (χ1) is 11.3. The number of benzene rings is 1. The average Bonchev–Trinajstić information content (AvgIpc) is 3.31. The molecule has 1 N–H and O–H groups in total. The van der Waals surface area contributed by atoms with Gasteiger partial charge < -0.3 is 9.88 Å². The minimum Gasteiger partial charge on any atom is -0.361 e. The molecule has 1 amide bonds. The molecule has 1 aromatic carbocycles. The van der Waals surface area contributed by atoms with Gasteiger partial charge in [0.2, 0.25) is 5.91 Å². The number of aryl methyl sites for hydroxylation is 1. The van der Waals surface area contributed by atoms with E-state index in [1.54, 1.807) is 11.3 Å². The first-order valence-corrected chi connectivity index (χ1v) is 9.14. The Balaban J connectivity index is 1.45. The quantitative estimate of drug-likeness (QED) is 0.752. The molecule has 0 unspecified atom stereocenters. The van der Waals surface area contributed by atoms with E-state index in [4.69, 9.17) is 0 Å². The standard InChI is InChI=1S/C19H20N2OS/c22-19(21-10-3-6-18(21)15-9-11-23-13-15)8-7-14-12-20-17-5-2-1-4-16(14)17/h1-2,4-5,9,11-13,18,20H,3,6-8,10H2/t18-/m1/s1. The van der Waals surface area contributed by atoms with Gasteiger partial charge in [-0.15, -0.1) is 0 Å². The number of aromatic nitrogens is 1. The minimum absolute atomic E-state index is 0.281. The van der Waals surface area contributed by atoms with Crippen LogP contribution in [0.4, 0.5) is 0 Å². The third-order valence-corrected chi connectivity index (χ3v) is 5.49. The molecule has 0 saturated carbocycles. The molecular formula is C19H20N2OS. The maximum Gasteiger partial charge on any atom is 0.223 e. The van der Waals surface area contributed by atoms with Crippen LogP contribution in [0.3, 0.4) is 0 Å². The number of hydrogen-bond donors (Lipinski definition) is 1. The zero-order chi connectivity index (χ0) is 15.6. The van der Waals surface area contributed by atoms with E-state index in [0.717, 1.165) is 31.3 Å². The number of likely N-dealkylation sites (tertiary alicyclic amines) is 1. The Morgan fingerprint density at radius 3 is 3.09 bits per heavy atom. The van der Waals surface area contributed by atoms with E-state index in [9.17, 15) is 4.79 Å². The van der Waals surface area contributed by atoms with Crippen molar-refractivity contribution in [3.8, 4) is 0 Å². The summed E-state index contributed by atoms with van der Waals surface area (Å²) in [6.45, 7) is 0.896. The highest BCUT2D eigenvalue weighted by atomic mass is 32.1. The Labute approximate surface area is 139 Å². The van der Waals surface area contributed by atoms with E-state index >= 15 is 0 Å². The summed E-state index contributed by atoms with van der Waals surface area (Å²) in [5.41, 5.74) is 3.68. The van der Waals surface area contributed by atoms with Crippen molar-refractivity contribution < 1.29 is 4.79 Å². The van der Waals surface area contributed by atoms with Crippen molar-refractivity contribution in [2.75, 3.05) is 6.54 Å². The predicted octanol–water partition coefficient (Wildman–Crippen LogP) is 4.53. The first kappa shape index (κ1) is 14.5. The molecule has 1 atom stereocenters. The Bertz CT molecular complexity index is 806. The molecule has 1 fully saturated rings. The van der Waals surface area contributed by atoms with Gasteiger partial charge in [0.15, 0.2) is 0 Å². The summed E-state index contributed by atoms with van der Waals surface area (Å²) in [6, 6.07) is 10.7. The van der Waals surface area contributed by atoms with Crippen LogP contribution in [-0.2, 0) is 11.2 Å². The second kappa shape index (κ2) is 6.20. The summed E-state index contributed by atoms with van der Waals surface area (Å²) < 4.78 is 0. The number of fused-ring (bicyclic) bond motifs is 1. The first-order valence-electron chi connectivity index (χ1n) is 8.19. The van der Waals surface area contributed by atoms with Crippen LogP contribution in [0.2, 0.25) is 0 Å². The summed E-state index contributed by atoms with van der Waals surface area (Å²) in [7, 11) is 0. The van der Waals surface area contributed by atoms with E-state index in [1.807, 2.05) is 12.3 Å². The molecule has 1 aliphatic rings. The minimum atomic E-state index is 0.281. The maximum atomic E-state index is 12.7. The highest BCUT2D eigenvalue weighted by molar-refractivity contribution is 7.08. The van der Waals surface area contributed by atoms with Crippen molar-refractivity contribution in [2.45, 2.75) is 31.7 Å². The Morgan fingerprint density at radius 1 is 1.30 bits per heavy atom. The van der Waals surface area contributed by atoms with Gasteiger partial charge in [0.25, 0.3) is 0 Å². The van der Waals surface area contributed by atoms with Gasteiger partial charge in [-0.05, 0) is 53.3 Å². The lowest BCUT2D eigenvalue weighted by molar-refractivity contribution is -0.132. The number of nitrogens with zero attached hydrogens (tertiary/aromatic N) is 1. The third-order valence-electron chi connectivity index (χ3n) is 4.78. The van der Waals surface area contributed by atoms with Gasteiger partial charge in [-0.25, -0.2) is 0 Å². The number of thiophene rings is 1. The van der Waals surface area contributed by atoms with Crippen LogP contribution in [0.5, 0.6) is 0 Å². The molecule has 118 valence electrons. The smallest absolute Gasteiger partial charge is 0.223 e. The largest absolute Gasteiger partial charge is 0.361 e. The van der Waals surface area contributed by atoms with Crippen LogP contribution in [0.25, 0.3) is 10.9 Å².